The van der Waals surface area contributed by atoms with E-state index in [0.29, 0.717) is 23.7 Å². The first-order chi connectivity index (χ1) is 12.5. The summed E-state index contributed by atoms with van der Waals surface area (Å²) in [6.07, 6.45) is 0.791. The summed E-state index contributed by atoms with van der Waals surface area (Å²) in [6.45, 7) is 4.20. The predicted molar refractivity (Wildman–Crippen MR) is 104 cm³/mol. The molecular formula is C20H25N3O3. The second-order valence-electron chi connectivity index (χ2n) is 5.98. The van der Waals surface area contributed by atoms with Crippen molar-refractivity contribution in [3.05, 3.63) is 53.6 Å². The smallest absolute Gasteiger partial charge is 0.239 e. The van der Waals surface area contributed by atoms with Gasteiger partial charge in [-0.2, -0.15) is 0 Å². The Morgan fingerprint density at radius 3 is 2.58 bits per heavy atom. The van der Waals surface area contributed by atoms with E-state index < -0.39 is 0 Å². The maximum Gasteiger partial charge on any atom is 0.239 e. The van der Waals surface area contributed by atoms with Gasteiger partial charge in [0.2, 0.25) is 11.8 Å². The summed E-state index contributed by atoms with van der Waals surface area (Å²) in [7, 11) is 1.56. The number of ether oxygens (including phenoxy) is 1. The van der Waals surface area contributed by atoms with Crippen LogP contribution in [0, 0.1) is 6.92 Å². The summed E-state index contributed by atoms with van der Waals surface area (Å²) in [5.41, 5.74) is 3.73. The fourth-order valence-corrected chi connectivity index (χ4v) is 2.59. The molecule has 138 valence electrons. The largest absolute Gasteiger partial charge is 0.495 e. The minimum atomic E-state index is -0.157. The van der Waals surface area contributed by atoms with Crippen molar-refractivity contribution in [1.82, 2.24) is 5.32 Å². The van der Waals surface area contributed by atoms with Gasteiger partial charge < -0.3 is 20.7 Å². The van der Waals surface area contributed by atoms with E-state index in [4.69, 9.17) is 4.74 Å². The van der Waals surface area contributed by atoms with Gasteiger partial charge in [-0.05, 0) is 42.7 Å². The van der Waals surface area contributed by atoms with E-state index in [1.54, 1.807) is 25.3 Å². The van der Waals surface area contributed by atoms with Crippen molar-refractivity contribution in [3.63, 3.8) is 0 Å². The lowest BCUT2D eigenvalue weighted by Crippen LogP contribution is -2.31. The first-order valence-corrected chi connectivity index (χ1v) is 8.50. The molecule has 2 aromatic rings. The number of aryl methyl sites for hydroxylation is 1. The molecule has 0 saturated carbocycles. The molecule has 2 aromatic carbocycles. The summed E-state index contributed by atoms with van der Waals surface area (Å²) in [4.78, 5) is 23.2. The fraction of sp³-hybridized carbons (Fsp3) is 0.300. The molecule has 6 nitrogen and oxygen atoms in total. The molecule has 0 aliphatic rings. The minimum Gasteiger partial charge on any atom is -0.495 e. The molecule has 0 saturated heterocycles. The highest BCUT2D eigenvalue weighted by Crippen LogP contribution is 2.27. The van der Waals surface area contributed by atoms with Gasteiger partial charge in [0.1, 0.15) is 5.75 Å². The molecule has 0 atom stereocenters. The fourth-order valence-electron chi connectivity index (χ4n) is 2.59. The van der Waals surface area contributed by atoms with Gasteiger partial charge in [0.05, 0.1) is 19.3 Å². The number of amides is 2. The number of anilines is 2. The standard InChI is InChI=1S/C20H25N3O3/c1-14-6-4-5-7-16(14)10-11-21-20(25)13-22-18-12-17(23-15(2)24)8-9-19(18)26-3/h4-9,12,22H,10-11,13H2,1-3H3,(H,21,25)(H,23,24). The van der Waals surface area contributed by atoms with Crippen LogP contribution in [-0.2, 0) is 16.0 Å². The van der Waals surface area contributed by atoms with E-state index in [1.807, 2.05) is 12.1 Å². The van der Waals surface area contributed by atoms with E-state index in [9.17, 15) is 9.59 Å². The lowest BCUT2D eigenvalue weighted by molar-refractivity contribution is -0.119. The van der Waals surface area contributed by atoms with Crippen LogP contribution in [0.15, 0.2) is 42.5 Å². The number of carbonyl (C=O) groups excluding carboxylic acids is 2. The highest BCUT2D eigenvalue weighted by atomic mass is 16.5. The van der Waals surface area contributed by atoms with Crippen LogP contribution in [0.1, 0.15) is 18.1 Å². The summed E-state index contributed by atoms with van der Waals surface area (Å²) in [5.74, 6) is 0.340. The Kier molecular flexibility index (Phi) is 7.02. The van der Waals surface area contributed by atoms with E-state index in [0.717, 1.165) is 6.42 Å². The number of rotatable bonds is 8. The summed E-state index contributed by atoms with van der Waals surface area (Å²) in [6, 6.07) is 13.4. The second kappa shape index (κ2) is 9.46. The third kappa shape index (κ3) is 5.81. The van der Waals surface area contributed by atoms with E-state index in [1.165, 1.54) is 18.1 Å². The average Bonchev–Trinajstić information content (AvgIpc) is 2.61. The Morgan fingerprint density at radius 2 is 1.88 bits per heavy atom. The van der Waals surface area contributed by atoms with Gasteiger partial charge in [0.15, 0.2) is 0 Å². The summed E-state index contributed by atoms with van der Waals surface area (Å²) < 4.78 is 5.28. The van der Waals surface area contributed by atoms with E-state index in [-0.39, 0.29) is 18.4 Å². The Bertz CT molecular complexity index is 775. The number of hydrogen-bond donors (Lipinski definition) is 3. The summed E-state index contributed by atoms with van der Waals surface area (Å²) >= 11 is 0. The van der Waals surface area contributed by atoms with Crippen LogP contribution in [0.25, 0.3) is 0 Å². The number of methoxy groups -OCH3 is 1. The normalized spacial score (nSPS) is 10.1. The van der Waals surface area contributed by atoms with Crippen LogP contribution in [0.2, 0.25) is 0 Å². The molecule has 3 N–H and O–H groups in total. The predicted octanol–water partition coefficient (Wildman–Crippen LogP) is 2.73. The Labute approximate surface area is 153 Å². The number of benzene rings is 2. The number of carbonyl (C=O) groups is 2. The van der Waals surface area contributed by atoms with Gasteiger partial charge in [-0.15, -0.1) is 0 Å². The molecule has 0 bridgehead atoms. The molecule has 6 heteroatoms. The SMILES string of the molecule is COc1ccc(NC(C)=O)cc1NCC(=O)NCCc1ccccc1C. The van der Waals surface area contributed by atoms with Gasteiger partial charge in [0, 0.05) is 19.2 Å². The van der Waals surface area contributed by atoms with Crippen LogP contribution < -0.4 is 20.7 Å². The minimum absolute atomic E-state index is 0.106. The van der Waals surface area contributed by atoms with Crippen molar-refractivity contribution in [2.75, 3.05) is 30.8 Å². The van der Waals surface area contributed by atoms with Crippen LogP contribution in [0.4, 0.5) is 11.4 Å². The van der Waals surface area contributed by atoms with Gasteiger partial charge in [-0.3, -0.25) is 9.59 Å². The quantitative estimate of drug-likeness (QED) is 0.680. The Morgan fingerprint density at radius 1 is 1.12 bits per heavy atom. The molecule has 0 radical (unpaired) electrons. The van der Waals surface area contributed by atoms with Gasteiger partial charge in [-0.1, -0.05) is 24.3 Å². The Balaban J connectivity index is 1.86. The van der Waals surface area contributed by atoms with Crippen LogP contribution in [-0.4, -0.2) is 32.0 Å². The van der Waals surface area contributed by atoms with Crippen LogP contribution in [0.3, 0.4) is 0 Å². The zero-order valence-corrected chi connectivity index (χ0v) is 15.4. The van der Waals surface area contributed by atoms with Crippen LogP contribution >= 0.6 is 0 Å². The van der Waals surface area contributed by atoms with Gasteiger partial charge in [-0.25, -0.2) is 0 Å². The molecule has 0 aliphatic carbocycles. The van der Waals surface area contributed by atoms with Crippen molar-refractivity contribution in [3.8, 4) is 5.75 Å². The van der Waals surface area contributed by atoms with Gasteiger partial charge >= 0.3 is 0 Å². The maximum atomic E-state index is 12.1. The first-order valence-electron chi connectivity index (χ1n) is 8.50. The number of nitrogens with one attached hydrogen (secondary N) is 3. The molecule has 2 amide bonds. The molecule has 0 aliphatic heterocycles. The van der Waals surface area contributed by atoms with Crippen molar-refractivity contribution in [2.45, 2.75) is 20.3 Å². The average molecular weight is 355 g/mol. The maximum absolute atomic E-state index is 12.1. The zero-order chi connectivity index (χ0) is 18.9. The van der Waals surface area contributed by atoms with Crippen LogP contribution in [0.5, 0.6) is 5.75 Å². The molecule has 0 aromatic heterocycles. The van der Waals surface area contributed by atoms with Crippen molar-refractivity contribution >= 4 is 23.2 Å². The lowest BCUT2D eigenvalue weighted by Gasteiger charge is -2.13. The second-order valence-corrected chi connectivity index (χ2v) is 5.98. The molecule has 0 spiro atoms. The third-order valence-electron chi connectivity index (χ3n) is 3.94. The zero-order valence-electron chi connectivity index (χ0n) is 15.4. The highest BCUT2D eigenvalue weighted by Gasteiger charge is 2.08. The van der Waals surface area contributed by atoms with Crippen molar-refractivity contribution in [2.24, 2.45) is 0 Å². The highest BCUT2D eigenvalue weighted by molar-refractivity contribution is 5.90. The van der Waals surface area contributed by atoms with Crippen molar-refractivity contribution in [1.29, 1.82) is 0 Å². The molecular weight excluding hydrogens is 330 g/mol. The van der Waals surface area contributed by atoms with Gasteiger partial charge in [0.25, 0.3) is 0 Å². The molecule has 0 heterocycles. The number of hydrogen-bond acceptors (Lipinski definition) is 4. The lowest BCUT2D eigenvalue weighted by atomic mass is 10.1. The molecule has 2 rings (SSSR count). The Hall–Kier alpha value is -3.02. The molecule has 26 heavy (non-hydrogen) atoms. The van der Waals surface area contributed by atoms with Crippen molar-refractivity contribution < 1.29 is 14.3 Å². The molecule has 0 unspecified atom stereocenters. The van der Waals surface area contributed by atoms with E-state index in [2.05, 4.69) is 35.0 Å². The van der Waals surface area contributed by atoms with E-state index >= 15 is 0 Å². The molecule has 0 fully saturated rings. The summed E-state index contributed by atoms with van der Waals surface area (Å²) in [5, 5.41) is 8.66. The first kappa shape index (κ1) is 19.3. The topological polar surface area (TPSA) is 79.5 Å². The third-order valence-corrected chi connectivity index (χ3v) is 3.94. The monoisotopic (exact) mass is 355 g/mol.